The Morgan fingerprint density at radius 3 is 1.47 bits per heavy atom. The number of aromatic nitrogens is 1. The van der Waals surface area contributed by atoms with Gasteiger partial charge in [-0.05, 0) is 70.2 Å². The topological polar surface area (TPSA) is 8.17 Å². The number of para-hydroxylation sites is 4. The van der Waals surface area contributed by atoms with Crippen LogP contribution in [-0.4, -0.2) is 11.3 Å². The zero-order valence-electron chi connectivity index (χ0n) is 23.6. The zero-order valence-corrected chi connectivity index (χ0v) is 23.6. The predicted molar refractivity (Wildman–Crippen MR) is 184 cm³/mol. The summed E-state index contributed by atoms with van der Waals surface area (Å²) >= 11 is 0. The van der Waals surface area contributed by atoms with Gasteiger partial charge in [-0.15, -0.1) is 0 Å². The van der Waals surface area contributed by atoms with Gasteiger partial charge in [0.05, 0.1) is 11.0 Å². The molecule has 0 saturated carbocycles. The van der Waals surface area contributed by atoms with Gasteiger partial charge in [-0.25, -0.2) is 0 Å². The van der Waals surface area contributed by atoms with E-state index in [2.05, 4.69) is 173 Å². The highest BCUT2D eigenvalue weighted by Crippen LogP contribution is 2.38. The van der Waals surface area contributed by atoms with Gasteiger partial charge in [0.25, 0.3) is 0 Å². The third kappa shape index (κ3) is 3.61. The highest BCUT2D eigenvalue weighted by molar-refractivity contribution is 6.99. The highest BCUT2D eigenvalue weighted by atomic mass is 15.1. The molecule has 0 spiro atoms. The average Bonchev–Trinajstić information content (AvgIpc) is 3.41. The van der Waals surface area contributed by atoms with E-state index in [4.69, 9.17) is 0 Å². The molecule has 0 radical (unpaired) electrons. The molecule has 7 aromatic carbocycles. The van der Waals surface area contributed by atoms with Crippen LogP contribution in [0.25, 0.3) is 38.3 Å². The minimum absolute atomic E-state index is 0.145. The number of rotatable bonds is 3. The molecule has 2 nitrogen and oxygen atoms in total. The molecule has 3 heteroatoms. The highest BCUT2D eigenvalue weighted by Gasteiger charge is 2.35. The second kappa shape index (κ2) is 9.50. The Bertz CT molecular complexity index is 2210. The van der Waals surface area contributed by atoms with Gasteiger partial charge in [-0.2, -0.15) is 0 Å². The van der Waals surface area contributed by atoms with Gasteiger partial charge < -0.3 is 9.47 Å². The van der Waals surface area contributed by atoms with E-state index in [1.165, 1.54) is 60.3 Å². The number of hydrogen-bond acceptors (Lipinski definition) is 1. The van der Waals surface area contributed by atoms with E-state index in [0.717, 1.165) is 11.4 Å². The predicted octanol–water partition coefficient (Wildman–Crippen LogP) is 8.24. The van der Waals surface area contributed by atoms with Crippen LogP contribution in [0.4, 0.5) is 17.1 Å². The lowest BCUT2D eigenvalue weighted by molar-refractivity contribution is 1.17. The number of anilines is 3. The average molecular weight is 546 g/mol. The monoisotopic (exact) mass is 546 g/mol. The molecule has 0 N–H and O–H groups in total. The maximum atomic E-state index is 2.43. The van der Waals surface area contributed by atoms with Gasteiger partial charge in [-0.3, -0.25) is 0 Å². The molecule has 43 heavy (non-hydrogen) atoms. The summed E-state index contributed by atoms with van der Waals surface area (Å²) in [7, 11) is 0. The Morgan fingerprint density at radius 1 is 0.349 bits per heavy atom. The van der Waals surface area contributed by atoms with Crippen molar-refractivity contribution in [1.29, 1.82) is 0 Å². The van der Waals surface area contributed by atoms with Crippen molar-refractivity contribution in [3.8, 4) is 5.69 Å². The molecule has 1 aliphatic rings. The van der Waals surface area contributed by atoms with Crippen LogP contribution in [0.15, 0.2) is 164 Å². The van der Waals surface area contributed by atoms with E-state index in [1.807, 2.05) is 0 Å². The van der Waals surface area contributed by atoms with Crippen LogP contribution in [0, 0.1) is 0 Å². The molecule has 0 unspecified atom stereocenters. The van der Waals surface area contributed by atoms with Gasteiger partial charge in [0.2, 0.25) is 6.71 Å². The summed E-state index contributed by atoms with van der Waals surface area (Å²) in [5.41, 5.74) is 11.2. The standard InChI is InChI=1S/C40H27BN2/c1-2-14-31-28(12-1)13-11-19-34(31)41-35-17-5-9-22-39(35)43(40-23-10-6-18-36(40)41)30-26-24-29(25-27-30)42-37-20-7-3-15-32(37)33-16-4-8-21-38(33)42/h1-27H. The normalized spacial score (nSPS) is 12.6. The largest absolute Gasteiger partial charge is 0.312 e. The SMILES string of the molecule is c1ccc2c(c1)B(c1cccc3ccccc13)c1ccccc1N2c1ccc(-n2c3ccccc3c3ccccc32)cc1. The lowest BCUT2D eigenvalue weighted by Gasteiger charge is -2.37. The van der Waals surface area contributed by atoms with Crippen LogP contribution in [0.3, 0.4) is 0 Å². The first-order valence-electron chi connectivity index (χ1n) is 14.9. The molecule has 0 aliphatic carbocycles. The Hall–Kier alpha value is -5.54. The first-order chi connectivity index (χ1) is 21.4. The summed E-state index contributed by atoms with van der Waals surface area (Å²) in [6.45, 7) is 0.145. The van der Waals surface area contributed by atoms with Crippen molar-refractivity contribution in [2.45, 2.75) is 0 Å². The first kappa shape index (κ1) is 24.1. The molecule has 2 heterocycles. The Labute approximate surface area is 251 Å². The van der Waals surface area contributed by atoms with Gasteiger partial charge in [0, 0.05) is 33.5 Å². The summed E-state index contributed by atoms with van der Waals surface area (Å²) in [6.07, 6.45) is 0. The van der Waals surface area contributed by atoms with Crippen LogP contribution in [0.2, 0.25) is 0 Å². The Morgan fingerprint density at radius 2 is 0.814 bits per heavy atom. The minimum atomic E-state index is 0.145. The number of nitrogens with zero attached hydrogens (tertiary/aromatic N) is 2. The van der Waals surface area contributed by atoms with Gasteiger partial charge >= 0.3 is 0 Å². The summed E-state index contributed by atoms with van der Waals surface area (Å²) in [5, 5.41) is 5.14. The maximum absolute atomic E-state index is 2.43. The number of benzene rings is 7. The molecule has 0 amide bonds. The molecular formula is C40H27BN2. The summed E-state index contributed by atoms with van der Waals surface area (Å²) < 4.78 is 2.38. The lowest BCUT2D eigenvalue weighted by Crippen LogP contribution is -2.57. The molecule has 9 rings (SSSR count). The van der Waals surface area contributed by atoms with E-state index in [1.54, 1.807) is 0 Å². The Kier molecular flexibility index (Phi) is 5.33. The minimum Gasteiger partial charge on any atom is -0.312 e. The van der Waals surface area contributed by atoms with E-state index in [-0.39, 0.29) is 6.71 Å². The molecule has 0 atom stereocenters. The van der Waals surface area contributed by atoms with E-state index in [9.17, 15) is 0 Å². The molecule has 200 valence electrons. The molecule has 0 saturated heterocycles. The maximum Gasteiger partial charge on any atom is 0.247 e. The van der Waals surface area contributed by atoms with Crippen LogP contribution in [-0.2, 0) is 0 Å². The van der Waals surface area contributed by atoms with Crippen LogP contribution < -0.4 is 21.3 Å². The van der Waals surface area contributed by atoms with Crippen molar-refractivity contribution < 1.29 is 0 Å². The van der Waals surface area contributed by atoms with Gasteiger partial charge in [-0.1, -0.05) is 121 Å². The van der Waals surface area contributed by atoms with Crippen LogP contribution >= 0.6 is 0 Å². The summed E-state index contributed by atoms with van der Waals surface area (Å²) in [4.78, 5) is 2.43. The molecule has 1 aromatic heterocycles. The van der Waals surface area contributed by atoms with Crippen LogP contribution in [0.1, 0.15) is 0 Å². The third-order valence-electron chi connectivity index (χ3n) is 9.06. The molecule has 0 bridgehead atoms. The van der Waals surface area contributed by atoms with Crippen molar-refractivity contribution in [2.24, 2.45) is 0 Å². The summed E-state index contributed by atoms with van der Waals surface area (Å²) in [6, 6.07) is 59.7. The van der Waals surface area contributed by atoms with Crippen molar-refractivity contribution in [3.05, 3.63) is 164 Å². The molecule has 1 aliphatic heterocycles. The van der Waals surface area contributed by atoms with Gasteiger partial charge in [0.15, 0.2) is 0 Å². The lowest BCUT2D eigenvalue weighted by atomic mass is 9.34. The van der Waals surface area contributed by atoms with Crippen molar-refractivity contribution in [3.63, 3.8) is 0 Å². The van der Waals surface area contributed by atoms with E-state index >= 15 is 0 Å². The smallest absolute Gasteiger partial charge is 0.247 e. The first-order valence-corrected chi connectivity index (χ1v) is 14.9. The molecule has 0 fully saturated rings. The number of fused-ring (bicyclic) bond motifs is 6. The third-order valence-corrected chi connectivity index (χ3v) is 9.06. The van der Waals surface area contributed by atoms with Gasteiger partial charge in [0.1, 0.15) is 0 Å². The zero-order chi connectivity index (χ0) is 28.3. The van der Waals surface area contributed by atoms with Crippen molar-refractivity contribution >= 4 is 72.7 Å². The fraction of sp³-hybridized carbons (Fsp3) is 0. The second-order valence-electron chi connectivity index (χ2n) is 11.3. The second-order valence-corrected chi connectivity index (χ2v) is 11.3. The van der Waals surface area contributed by atoms with Crippen LogP contribution in [0.5, 0.6) is 0 Å². The molecular weight excluding hydrogens is 519 g/mol. The van der Waals surface area contributed by atoms with E-state index in [0.29, 0.717) is 0 Å². The molecule has 8 aromatic rings. The van der Waals surface area contributed by atoms with Crippen molar-refractivity contribution in [1.82, 2.24) is 4.57 Å². The summed E-state index contributed by atoms with van der Waals surface area (Å²) in [5.74, 6) is 0. The fourth-order valence-electron chi connectivity index (χ4n) is 7.23. The fourth-order valence-corrected chi connectivity index (χ4v) is 7.23. The number of hydrogen-bond donors (Lipinski definition) is 0. The Balaban J connectivity index is 1.22. The van der Waals surface area contributed by atoms with Crippen molar-refractivity contribution in [2.75, 3.05) is 4.90 Å². The quantitative estimate of drug-likeness (QED) is 0.203. The van der Waals surface area contributed by atoms with E-state index < -0.39 is 0 Å².